The Bertz CT molecular complexity index is 638. The van der Waals surface area contributed by atoms with Crippen molar-refractivity contribution in [1.29, 1.82) is 0 Å². The zero-order chi connectivity index (χ0) is 17.7. The zero-order valence-corrected chi connectivity index (χ0v) is 13.4. The van der Waals surface area contributed by atoms with Crippen molar-refractivity contribution in [2.24, 2.45) is 0 Å². The van der Waals surface area contributed by atoms with E-state index in [0.29, 0.717) is 32.4 Å². The van der Waals surface area contributed by atoms with Crippen LogP contribution in [0.25, 0.3) is 0 Å². The lowest BCUT2D eigenvalue weighted by Crippen LogP contribution is -2.43. The van der Waals surface area contributed by atoms with Gasteiger partial charge in [-0.3, -0.25) is 19.4 Å². The lowest BCUT2D eigenvalue weighted by molar-refractivity contribution is -0.145. The smallest absolute Gasteiger partial charge is 0.323 e. The van der Waals surface area contributed by atoms with Crippen molar-refractivity contribution < 1.29 is 23.9 Å². The molecule has 1 aliphatic rings. The first-order valence-electron chi connectivity index (χ1n) is 7.78. The minimum Gasteiger partial charge on any atom is -0.480 e. The van der Waals surface area contributed by atoms with Crippen molar-refractivity contribution in [2.75, 3.05) is 19.6 Å². The molecular weight excluding hydrogens is 317 g/mol. The molecule has 2 rings (SSSR count). The van der Waals surface area contributed by atoms with Gasteiger partial charge in [0.25, 0.3) is 5.91 Å². The maximum absolute atomic E-state index is 13.7. The second kappa shape index (κ2) is 7.85. The van der Waals surface area contributed by atoms with Crippen molar-refractivity contribution >= 4 is 17.8 Å². The van der Waals surface area contributed by atoms with Gasteiger partial charge in [-0.05, 0) is 25.3 Å². The van der Waals surface area contributed by atoms with Gasteiger partial charge < -0.3 is 14.9 Å². The predicted octanol–water partition coefficient (Wildman–Crippen LogP) is 1.15. The van der Waals surface area contributed by atoms with Crippen LogP contribution in [0.4, 0.5) is 4.39 Å². The Labute approximate surface area is 139 Å². The van der Waals surface area contributed by atoms with Crippen LogP contribution in [0.1, 0.15) is 36.5 Å². The third kappa shape index (κ3) is 4.27. The molecule has 0 saturated carbocycles. The number of aliphatic carboxylic acids is 1. The van der Waals surface area contributed by atoms with Crippen molar-refractivity contribution in [1.82, 2.24) is 14.8 Å². The van der Waals surface area contributed by atoms with Gasteiger partial charge in [-0.15, -0.1) is 0 Å². The number of rotatable bonds is 4. The number of hydrogen-bond donors (Lipinski definition) is 1. The summed E-state index contributed by atoms with van der Waals surface area (Å²) >= 11 is 0. The number of amides is 2. The van der Waals surface area contributed by atoms with Gasteiger partial charge in [0, 0.05) is 32.3 Å². The molecule has 0 unspecified atom stereocenters. The van der Waals surface area contributed by atoms with Crippen LogP contribution in [0.2, 0.25) is 0 Å². The Balaban J connectivity index is 2.07. The average molecular weight is 337 g/mol. The van der Waals surface area contributed by atoms with Crippen LogP contribution in [0, 0.1) is 5.82 Å². The normalized spacial score (nSPS) is 17.9. The fourth-order valence-electron chi connectivity index (χ4n) is 2.96. The van der Waals surface area contributed by atoms with E-state index in [1.165, 1.54) is 29.0 Å². The van der Waals surface area contributed by atoms with E-state index in [4.69, 9.17) is 5.11 Å². The summed E-state index contributed by atoms with van der Waals surface area (Å²) in [6.07, 6.45) is 4.05. The van der Waals surface area contributed by atoms with Crippen molar-refractivity contribution in [3.05, 3.63) is 29.8 Å². The van der Waals surface area contributed by atoms with E-state index in [9.17, 15) is 18.8 Å². The number of halogens is 1. The summed E-state index contributed by atoms with van der Waals surface area (Å²) < 4.78 is 13.7. The molecule has 1 aromatic rings. The largest absolute Gasteiger partial charge is 0.480 e. The van der Waals surface area contributed by atoms with Crippen LogP contribution in [-0.4, -0.2) is 63.4 Å². The van der Waals surface area contributed by atoms with Gasteiger partial charge in [0.05, 0.1) is 11.8 Å². The highest BCUT2D eigenvalue weighted by Crippen LogP contribution is 2.19. The monoisotopic (exact) mass is 337 g/mol. The summed E-state index contributed by atoms with van der Waals surface area (Å²) in [6.45, 7) is 1.76. The van der Waals surface area contributed by atoms with Crippen molar-refractivity contribution in [3.8, 4) is 0 Å². The van der Waals surface area contributed by atoms with Gasteiger partial charge in [0.1, 0.15) is 6.54 Å². The van der Waals surface area contributed by atoms with E-state index in [0.717, 1.165) is 6.20 Å². The van der Waals surface area contributed by atoms with Crippen molar-refractivity contribution in [3.63, 3.8) is 0 Å². The number of likely N-dealkylation sites (tertiary alicyclic amines) is 1. The first kappa shape index (κ1) is 17.8. The molecule has 2 heterocycles. The molecule has 24 heavy (non-hydrogen) atoms. The standard InChI is InChI=1S/C16H20FN3O4/c1-11(21)20(10-15(22)23)12-3-2-7-19(8-5-12)16(24)13-4-6-18-9-14(13)17/h4,6,9,12H,2-3,5,7-8,10H2,1H3,(H,22,23)/t12-/m0/s1. The first-order chi connectivity index (χ1) is 11.4. The second-order valence-corrected chi connectivity index (χ2v) is 5.77. The van der Waals surface area contributed by atoms with E-state index in [1.54, 1.807) is 0 Å². The molecule has 1 saturated heterocycles. The quantitative estimate of drug-likeness (QED) is 0.890. The van der Waals surface area contributed by atoms with Gasteiger partial charge in [-0.1, -0.05) is 0 Å². The second-order valence-electron chi connectivity index (χ2n) is 5.77. The number of hydrogen-bond acceptors (Lipinski definition) is 4. The van der Waals surface area contributed by atoms with Crippen LogP contribution in [0.5, 0.6) is 0 Å². The number of carboxylic acid groups (broad SMARTS) is 1. The molecule has 1 atom stereocenters. The summed E-state index contributed by atoms with van der Waals surface area (Å²) in [5, 5.41) is 8.95. The molecule has 1 aromatic heterocycles. The number of pyridine rings is 1. The fraction of sp³-hybridized carbons (Fsp3) is 0.500. The maximum Gasteiger partial charge on any atom is 0.323 e. The van der Waals surface area contributed by atoms with Gasteiger partial charge in [0.2, 0.25) is 5.91 Å². The highest BCUT2D eigenvalue weighted by atomic mass is 19.1. The number of carboxylic acids is 1. The topological polar surface area (TPSA) is 90.8 Å². The predicted molar refractivity (Wildman–Crippen MR) is 82.8 cm³/mol. The van der Waals surface area contributed by atoms with Crippen LogP contribution >= 0.6 is 0 Å². The number of carbonyl (C=O) groups excluding carboxylic acids is 2. The minimum atomic E-state index is -1.07. The third-order valence-corrected chi connectivity index (χ3v) is 4.14. The number of aromatic nitrogens is 1. The molecule has 7 nitrogen and oxygen atoms in total. The Hall–Kier alpha value is -2.51. The Kier molecular flexibility index (Phi) is 5.83. The van der Waals surface area contributed by atoms with E-state index in [-0.39, 0.29) is 24.1 Å². The highest BCUT2D eigenvalue weighted by molar-refractivity contribution is 5.94. The molecule has 130 valence electrons. The van der Waals surface area contributed by atoms with E-state index in [2.05, 4.69) is 4.98 Å². The summed E-state index contributed by atoms with van der Waals surface area (Å²) in [5.74, 6) is -2.45. The number of carbonyl (C=O) groups is 3. The molecule has 2 amide bonds. The lowest BCUT2D eigenvalue weighted by Gasteiger charge is -2.28. The Morgan fingerprint density at radius 1 is 1.38 bits per heavy atom. The van der Waals surface area contributed by atoms with Gasteiger partial charge >= 0.3 is 5.97 Å². The molecule has 0 radical (unpaired) electrons. The van der Waals surface area contributed by atoms with Crippen LogP contribution in [0.15, 0.2) is 18.5 Å². The molecule has 0 spiro atoms. The molecular formula is C16H20FN3O4. The molecule has 0 aliphatic carbocycles. The van der Waals surface area contributed by atoms with Gasteiger partial charge in [0.15, 0.2) is 5.82 Å². The SMILES string of the molecule is CC(=O)N(CC(=O)O)[C@H]1CCCN(C(=O)c2ccncc2F)CC1. The van der Waals surface area contributed by atoms with Crippen molar-refractivity contribution in [2.45, 2.75) is 32.2 Å². The molecule has 1 aliphatic heterocycles. The summed E-state index contributed by atoms with van der Waals surface area (Å²) in [6, 6.07) is 1.10. The summed E-state index contributed by atoms with van der Waals surface area (Å²) in [4.78, 5) is 41.6. The minimum absolute atomic E-state index is 0.0302. The molecule has 8 heteroatoms. The molecule has 0 aromatic carbocycles. The van der Waals surface area contributed by atoms with Gasteiger partial charge in [-0.2, -0.15) is 0 Å². The third-order valence-electron chi connectivity index (χ3n) is 4.14. The first-order valence-corrected chi connectivity index (χ1v) is 7.78. The maximum atomic E-state index is 13.7. The fourth-order valence-corrected chi connectivity index (χ4v) is 2.96. The molecule has 1 fully saturated rings. The average Bonchev–Trinajstić information content (AvgIpc) is 2.78. The summed E-state index contributed by atoms with van der Waals surface area (Å²) in [7, 11) is 0. The number of nitrogens with zero attached hydrogens (tertiary/aromatic N) is 3. The van der Waals surface area contributed by atoms with E-state index >= 15 is 0 Å². The lowest BCUT2D eigenvalue weighted by atomic mass is 10.1. The highest BCUT2D eigenvalue weighted by Gasteiger charge is 2.28. The van der Waals surface area contributed by atoms with Crippen LogP contribution < -0.4 is 0 Å². The van der Waals surface area contributed by atoms with E-state index < -0.39 is 17.7 Å². The van der Waals surface area contributed by atoms with E-state index in [1.807, 2.05) is 0 Å². The Morgan fingerprint density at radius 2 is 2.12 bits per heavy atom. The summed E-state index contributed by atoms with van der Waals surface area (Å²) in [5.41, 5.74) is -0.0302. The zero-order valence-electron chi connectivity index (χ0n) is 13.4. The molecule has 0 bridgehead atoms. The van der Waals surface area contributed by atoms with Crippen LogP contribution in [0.3, 0.4) is 0 Å². The van der Waals surface area contributed by atoms with Crippen LogP contribution in [-0.2, 0) is 9.59 Å². The molecule has 1 N–H and O–H groups in total. The van der Waals surface area contributed by atoms with Gasteiger partial charge in [-0.25, -0.2) is 4.39 Å². The Morgan fingerprint density at radius 3 is 2.75 bits per heavy atom.